The van der Waals surface area contributed by atoms with Crippen molar-refractivity contribution in [1.29, 1.82) is 0 Å². The molecule has 29 heavy (non-hydrogen) atoms. The van der Waals surface area contributed by atoms with Crippen LogP contribution in [0, 0.1) is 0 Å². The number of likely N-dealkylation sites (tertiary alicyclic amines) is 1. The highest BCUT2D eigenvalue weighted by atomic mass is 16.3. The van der Waals surface area contributed by atoms with E-state index in [1.54, 1.807) is 29.4 Å². The van der Waals surface area contributed by atoms with Crippen molar-refractivity contribution in [3.05, 3.63) is 71.7 Å². The number of hydrogen-bond donors (Lipinski definition) is 1. The number of amides is 1. The van der Waals surface area contributed by atoms with Crippen LogP contribution in [0.25, 0.3) is 16.7 Å². The quantitative estimate of drug-likeness (QED) is 0.409. The molecule has 1 aromatic carbocycles. The summed E-state index contributed by atoms with van der Waals surface area (Å²) in [6.45, 7) is 2.50. The first-order chi connectivity index (χ1) is 14.0. The van der Waals surface area contributed by atoms with Crippen molar-refractivity contribution in [3.63, 3.8) is 0 Å². The fraction of sp³-hybridized carbons (Fsp3) is 0.261. The highest BCUT2D eigenvalue weighted by Crippen LogP contribution is 2.42. The predicted octanol–water partition coefficient (Wildman–Crippen LogP) is 3.80. The zero-order chi connectivity index (χ0) is 20.5. The molecule has 1 unspecified atom stereocenters. The van der Waals surface area contributed by atoms with Gasteiger partial charge in [-0.05, 0) is 24.6 Å². The van der Waals surface area contributed by atoms with Crippen molar-refractivity contribution in [2.75, 3.05) is 6.54 Å². The van der Waals surface area contributed by atoms with Crippen LogP contribution in [0.5, 0.6) is 0 Å². The first kappa shape index (κ1) is 18.9. The minimum atomic E-state index is -0.645. The fourth-order valence-corrected chi connectivity index (χ4v) is 4.02. The lowest BCUT2D eigenvalue weighted by Gasteiger charge is -2.24. The van der Waals surface area contributed by atoms with Crippen molar-refractivity contribution in [1.82, 2.24) is 14.5 Å². The van der Waals surface area contributed by atoms with Crippen LogP contribution in [0.15, 0.2) is 60.6 Å². The van der Waals surface area contributed by atoms with E-state index in [2.05, 4.69) is 4.98 Å². The standard InChI is InChI=1S/C23H23N3O3/c1-3-4-13-26-20(17-14-25(2)18-8-6-5-7-16(17)18)19(22(28)23(26)29)21(27)15-9-11-24-12-10-15/h5-12,14,20,27H,3-4,13H2,1-2H3/b21-19+. The number of benzene rings is 1. The van der Waals surface area contributed by atoms with Gasteiger partial charge in [0, 0.05) is 54.2 Å². The third-order valence-corrected chi connectivity index (χ3v) is 5.47. The van der Waals surface area contributed by atoms with Gasteiger partial charge in [-0.25, -0.2) is 0 Å². The third kappa shape index (κ3) is 3.10. The van der Waals surface area contributed by atoms with Crippen molar-refractivity contribution in [2.45, 2.75) is 25.8 Å². The molecule has 1 aliphatic heterocycles. The molecule has 6 nitrogen and oxygen atoms in total. The van der Waals surface area contributed by atoms with Crippen LogP contribution in [0.3, 0.4) is 0 Å². The maximum atomic E-state index is 13.0. The van der Waals surface area contributed by atoms with Gasteiger partial charge < -0.3 is 14.6 Å². The second-order valence-corrected chi connectivity index (χ2v) is 7.29. The number of fused-ring (bicyclic) bond motifs is 1. The monoisotopic (exact) mass is 389 g/mol. The zero-order valence-electron chi connectivity index (χ0n) is 16.5. The molecule has 1 N–H and O–H groups in total. The van der Waals surface area contributed by atoms with Crippen LogP contribution in [0.4, 0.5) is 0 Å². The summed E-state index contributed by atoms with van der Waals surface area (Å²) in [5.41, 5.74) is 2.45. The number of aliphatic hydroxyl groups is 1. The SMILES string of the molecule is CCCCN1C(=O)C(=O)/C(=C(/O)c2ccncc2)C1c1cn(C)c2ccccc12. The van der Waals surface area contributed by atoms with Gasteiger partial charge in [-0.15, -0.1) is 0 Å². The highest BCUT2D eigenvalue weighted by Gasteiger charge is 2.46. The van der Waals surface area contributed by atoms with Gasteiger partial charge in [0.25, 0.3) is 11.7 Å². The molecule has 6 heteroatoms. The van der Waals surface area contributed by atoms with Crippen molar-refractivity contribution < 1.29 is 14.7 Å². The van der Waals surface area contributed by atoms with E-state index >= 15 is 0 Å². The lowest BCUT2D eigenvalue weighted by molar-refractivity contribution is -0.139. The highest BCUT2D eigenvalue weighted by molar-refractivity contribution is 6.46. The summed E-state index contributed by atoms with van der Waals surface area (Å²) in [6, 6.07) is 10.5. The zero-order valence-corrected chi connectivity index (χ0v) is 16.5. The van der Waals surface area contributed by atoms with Crippen LogP contribution in [-0.2, 0) is 16.6 Å². The largest absolute Gasteiger partial charge is 0.507 e. The van der Waals surface area contributed by atoms with Gasteiger partial charge >= 0.3 is 0 Å². The number of rotatable bonds is 5. The first-order valence-corrected chi connectivity index (χ1v) is 9.77. The van der Waals surface area contributed by atoms with Gasteiger partial charge in [0.05, 0.1) is 11.6 Å². The summed E-state index contributed by atoms with van der Waals surface area (Å²) >= 11 is 0. The molecule has 3 aromatic rings. The number of ketones is 1. The van der Waals surface area contributed by atoms with E-state index in [1.807, 2.05) is 49.0 Å². The third-order valence-electron chi connectivity index (χ3n) is 5.47. The molecule has 1 atom stereocenters. The fourth-order valence-electron chi connectivity index (χ4n) is 4.02. The summed E-state index contributed by atoms with van der Waals surface area (Å²) in [4.78, 5) is 31.4. The Morgan fingerprint density at radius 3 is 2.59 bits per heavy atom. The van der Waals surface area contributed by atoms with Gasteiger partial charge in [0.15, 0.2) is 0 Å². The Morgan fingerprint density at radius 2 is 1.86 bits per heavy atom. The van der Waals surface area contributed by atoms with E-state index in [-0.39, 0.29) is 11.3 Å². The molecule has 0 aliphatic carbocycles. The van der Waals surface area contributed by atoms with Gasteiger partial charge in [-0.1, -0.05) is 31.5 Å². The summed E-state index contributed by atoms with van der Waals surface area (Å²) in [7, 11) is 1.94. The van der Waals surface area contributed by atoms with Crippen LogP contribution in [0.1, 0.15) is 36.9 Å². The molecule has 0 bridgehead atoms. The Hall–Kier alpha value is -3.41. The Labute approximate surface area is 169 Å². The molecule has 1 saturated heterocycles. The molecule has 1 fully saturated rings. The Morgan fingerprint density at radius 1 is 1.14 bits per heavy atom. The predicted molar refractivity (Wildman–Crippen MR) is 111 cm³/mol. The van der Waals surface area contributed by atoms with Crippen molar-refractivity contribution in [3.8, 4) is 0 Å². The first-order valence-electron chi connectivity index (χ1n) is 9.77. The lowest BCUT2D eigenvalue weighted by atomic mass is 9.95. The number of aliphatic hydroxyl groups excluding tert-OH is 1. The minimum Gasteiger partial charge on any atom is -0.507 e. The second kappa shape index (κ2) is 7.54. The van der Waals surface area contributed by atoms with Gasteiger partial charge in [0.2, 0.25) is 0 Å². The number of carbonyl (C=O) groups excluding carboxylic acids is 2. The second-order valence-electron chi connectivity index (χ2n) is 7.29. The molecule has 4 rings (SSSR count). The summed E-state index contributed by atoms with van der Waals surface area (Å²) in [5, 5.41) is 12.0. The Bertz CT molecular complexity index is 1110. The van der Waals surface area contributed by atoms with Crippen LogP contribution < -0.4 is 0 Å². The molecule has 0 saturated carbocycles. The number of carbonyl (C=O) groups is 2. The van der Waals surface area contributed by atoms with Crippen molar-refractivity contribution >= 4 is 28.4 Å². The maximum absolute atomic E-state index is 13.0. The molecule has 2 aromatic heterocycles. The molecule has 3 heterocycles. The summed E-state index contributed by atoms with van der Waals surface area (Å²) in [6.07, 6.45) is 6.73. The van der Waals surface area contributed by atoms with E-state index in [1.165, 1.54) is 0 Å². The molecule has 1 amide bonds. The molecular formula is C23H23N3O3. The molecule has 0 radical (unpaired) electrons. The minimum absolute atomic E-state index is 0.133. The Balaban J connectivity index is 1.96. The van der Waals surface area contributed by atoms with E-state index in [0.29, 0.717) is 12.1 Å². The van der Waals surface area contributed by atoms with Gasteiger partial charge in [-0.3, -0.25) is 14.6 Å². The van der Waals surface area contributed by atoms with Crippen LogP contribution in [-0.4, -0.2) is 37.8 Å². The molecule has 0 spiro atoms. The van der Waals surface area contributed by atoms with E-state index in [9.17, 15) is 14.7 Å². The topological polar surface area (TPSA) is 75.4 Å². The van der Waals surface area contributed by atoms with E-state index in [0.717, 1.165) is 29.3 Å². The number of nitrogens with zero attached hydrogens (tertiary/aromatic N) is 3. The van der Waals surface area contributed by atoms with Crippen molar-refractivity contribution in [2.24, 2.45) is 7.05 Å². The smallest absolute Gasteiger partial charge is 0.295 e. The number of Topliss-reactive ketones (excluding diaryl/α,β-unsaturated/α-hetero) is 1. The summed E-state index contributed by atoms with van der Waals surface area (Å²) in [5.74, 6) is -1.37. The number of aromatic nitrogens is 2. The molecular weight excluding hydrogens is 366 g/mol. The maximum Gasteiger partial charge on any atom is 0.295 e. The normalized spacial score (nSPS) is 18.7. The summed E-state index contributed by atoms with van der Waals surface area (Å²) < 4.78 is 1.98. The number of para-hydroxylation sites is 1. The van der Waals surface area contributed by atoms with Gasteiger partial charge in [-0.2, -0.15) is 0 Å². The van der Waals surface area contributed by atoms with Crippen LogP contribution in [0.2, 0.25) is 0 Å². The van der Waals surface area contributed by atoms with Crippen LogP contribution >= 0.6 is 0 Å². The lowest BCUT2D eigenvalue weighted by Crippen LogP contribution is -2.30. The average Bonchev–Trinajstić information content (AvgIpc) is 3.21. The molecule has 1 aliphatic rings. The number of pyridine rings is 1. The number of aryl methyl sites for hydroxylation is 1. The molecule has 148 valence electrons. The Kier molecular flexibility index (Phi) is 4.92. The average molecular weight is 389 g/mol. The number of hydrogen-bond acceptors (Lipinski definition) is 4. The van der Waals surface area contributed by atoms with E-state index in [4.69, 9.17) is 0 Å². The van der Waals surface area contributed by atoms with Gasteiger partial charge in [0.1, 0.15) is 5.76 Å². The number of unbranched alkanes of at least 4 members (excludes halogenated alkanes) is 1. The van der Waals surface area contributed by atoms with E-state index < -0.39 is 17.7 Å².